The first-order valence-electron chi connectivity index (χ1n) is 6.20. The Morgan fingerprint density at radius 1 is 1.33 bits per heavy atom. The zero-order chi connectivity index (χ0) is 13.6. The average molecular weight is 312 g/mol. The smallest absolute Gasteiger partial charge is 0.133 e. The van der Waals surface area contributed by atoms with Gasteiger partial charge in [-0.25, -0.2) is 0 Å². The summed E-state index contributed by atoms with van der Waals surface area (Å²) in [4.78, 5) is 0. The second kappa shape index (κ2) is 6.95. The summed E-state index contributed by atoms with van der Waals surface area (Å²) in [5.41, 5.74) is 1.38. The van der Waals surface area contributed by atoms with Crippen molar-refractivity contribution in [1.82, 2.24) is 5.32 Å². The number of halogens is 1. The highest BCUT2D eigenvalue weighted by atomic mass is 79.9. The number of hydrogen-bond donors (Lipinski definition) is 1. The molecule has 0 unspecified atom stereocenters. The topological polar surface area (TPSA) is 21.3 Å². The van der Waals surface area contributed by atoms with Crippen molar-refractivity contribution in [2.75, 3.05) is 6.61 Å². The minimum atomic E-state index is 0.133. The molecule has 0 bridgehead atoms. The molecule has 0 fully saturated rings. The van der Waals surface area contributed by atoms with Crippen molar-refractivity contribution in [2.45, 2.75) is 39.8 Å². The van der Waals surface area contributed by atoms with Gasteiger partial charge < -0.3 is 10.1 Å². The van der Waals surface area contributed by atoms with E-state index in [1.54, 1.807) is 0 Å². The van der Waals surface area contributed by atoms with E-state index in [2.05, 4.69) is 54.2 Å². The van der Waals surface area contributed by atoms with E-state index in [9.17, 15) is 0 Å². The van der Waals surface area contributed by atoms with Crippen molar-refractivity contribution in [3.8, 4) is 5.75 Å². The van der Waals surface area contributed by atoms with Gasteiger partial charge in [-0.05, 0) is 61.3 Å². The van der Waals surface area contributed by atoms with Crippen LogP contribution >= 0.6 is 15.9 Å². The van der Waals surface area contributed by atoms with Crippen LogP contribution in [-0.4, -0.2) is 12.1 Å². The molecule has 1 aromatic carbocycles. The molecule has 0 heterocycles. The third-order valence-corrected chi connectivity index (χ3v) is 3.01. The van der Waals surface area contributed by atoms with Gasteiger partial charge in [0.15, 0.2) is 0 Å². The first-order chi connectivity index (χ1) is 8.42. The van der Waals surface area contributed by atoms with E-state index in [0.29, 0.717) is 6.61 Å². The molecular weight excluding hydrogens is 290 g/mol. The predicted octanol–water partition coefficient (Wildman–Crippen LogP) is 4.29. The molecular formula is C15H22BrNO. The Morgan fingerprint density at radius 2 is 2.06 bits per heavy atom. The van der Waals surface area contributed by atoms with Crippen molar-refractivity contribution in [3.63, 3.8) is 0 Å². The van der Waals surface area contributed by atoms with Crippen molar-refractivity contribution < 1.29 is 4.74 Å². The summed E-state index contributed by atoms with van der Waals surface area (Å²) in [6, 6.07) is 6.20. The van der Waals surface area contributed by atoms with E-state index in [4.69, 9.17) is 4.74 Å². The van der Waals surface area contributed by atoms with E-state index < -0.39 is 0 Å². The molecule has 1 rings (SSSR count). The van der Waals surface area contributed by atoms with Gasteiger partial charge in [-0.1, -0.05) is 18.2 Å². The standard InChI is InChI=1S/C15H22BrNO/c1-5-6-9-18-14-8-7-12(10-13(14)16)11-17-15(2,3)4/h5-8,10,17H,9,11H2,1-4H3. The third kappa shape index (κ3) is 5.69. The van der Waals surface area contributed by atoms with Crippen molar-refractivity contribution in [2.24, 2.45) is 0 Å². The summed E-state index contributed by atoms with van der Waals surface area (Å²) in [7, 11) is 0. The summed E-state index contributed by atoms with van der Waals surface area (Å²) in [6.45, 7) is 9.94. The van der Waals surface area contributed by atoms with E-state index in [0.717, 1.165) is 16.8 Å². The molecule has 1 aromatic rings. The number of nitrogens with one attached hydrogen (secondary N) is 1. The summed E-state index contributed by atoms with van der Waals surface area (Å²) in [5, 5.41) is 3.46. The SMILES string of the molecule is CC=CCOc1ccc(CNC(C)(C)C)cc1Br. The van der Waals surface area contributed by atoms with Gasteiger partial charge in [0, 0.05) is 12.1 Å². The number of benzene rings is 1. The maximum absolute atomic E-state index is 5.62. The summed E-state index contributed by atoms with van der Waals surface area (Å²) >= 11 is 3.54. The molecule has 0 atom stereocenters. The van der Waals surface area contributed by atoms with Crippen LogP contribution in [0, 0.1) is 0 Å². The van der Waals surface area contributed by atoms with Crippen LogP contribution in [0.15, 0.2) is 34.8 Å². The highest BCUT2D eigenvalue weighted by molar-refractivity contribution is 9.10. The molecule has 2 nitrogen and oxygen atoms in total. The van der Waals surface area contributed by atoms with Crippen molar-refractivity contribution >= 4 is 15.9 Å². The number of hydrogen-bond acceptors (Lipinski definition) is 2. The summed E-state index contributed by atoms with van der Waals surface area (Å²) in [6.07, 6.45) is 3.97. The first-order valence-corrected chi connectivity index (χ1v) is 6.99. The van der Waals surface area contributed by atoms with Gasteiger partial charge in [-0.15, -0.1) is 0 Å². The lowest BCUT2D eigenvalue weighted by atomic mass is 10.1. The van der Waals surface area contributed by atoms with Gasteiger partial charge in [0.05, 0.1) is 4.47 Å². The summed E-state index contributed by atoms with van der Waals surface area (Å²) < 4.78 is 6.62. The van der Waals surface area contributed by atoms with Crippen LogP contribution in [0.5, 0.6) is 5.75 Å². The van der Waals surface area contributed by atoms with Gasteiger partial charge in [0.25, 0.3) is 0 Å². The monoisotopic (exact) mass is 311 g/mol. The Bertz CT molecular complexity index is 407. The number of allylic oxidation sites excluding steroid dienone is 1. The summed E-state index contributed by atoms with van der Waals surface area (Å²) in [5.74, 6) is 0.882. The minimum Gasteiger partial charge on any atom is -0.488 e. The Kier molecular flexibility index (Phi) is 5.89. The predicted molar refractivity (Wildman–Crippen MR) is 81.0 cm³/mol. The fourth-order valence-corrected chi connectivity index (χ4v) is 1.91. The maximum Gasteiger partial charge on any atom is 0.133 e. The Hall–Kier alpha value is -0.800. The molecule has 0 saturated carbocycles. The van der Waals surface area contributed by atoms with Crippen molar-refractivity contribution in [3.05, 3.63) is 40.4 Å². The molecule has 0 saturated heterocycles. The largest absolute Gasteiger partial charge is 0.488 e. The van der Waals surface area contributed by atoms with Crippen LogP contribution in [0.1, 0.15) is 33.3 Å². The van der Waals surface area contributed by atoms with Gasteiger partial charge in [-0.3, -0.25) is 0 Å². The van der Waals surface area contributed by atoms with Crippen LogP contribution in [-0.2, 0) is 6.54 Å². The first kappa shape index (κ1) is 15.3. The Labute approximate surface area is 119 Å². The van der Waals surface area contributed by atoms with Crippen LogP contribution in [0.25, 0.3) is 0 Å². The van der Waals surface area contributed by atoms with Crippen LogP contribution in [0.2, 0.25) is 0 Å². The highest BCUT2D eigenvalue weighted by Crippen LogP contribution is 2.26. The minimum absolute atomic E-state index is 0.133. The highest BCUT2D eigenvalue weighted by Gasteiger charge is 2.09. The fourth-order valence-electron chi connectivity index (χ4n) is 1.37. The Morgan fingerprint density at radius 3 is 2.61 bits per heavy atom. The van der Waals surface area contributed by atoms with Crippen molar-refractivity contribution in [1.29, 1.82) is 0 Å². The molecule has 100 valence electrons. The van der Waals surface area contributed by atoms with Gasteiger partial charge in [0.2, 0.25) is 0 Å². The van der Waals surface area contributed by atoms with Gasteiger partial charge in [-0.2, -0.15) is 0 Å². The molecule has 0 radical (unpaired) electrons. The zero-order valence-electron chi connectivity index (χ0n) is 11.6. The molecule has 0 amide bonds. The van der Waals surface area contributed by atoms with E-state index in [1.165, 1.54) is 5.56 Å². The quantitative estimate of drug-likeness (QED) is 0.819. The second-order valence-electron chi connectivity index (χ2n) is 5.25. The average Bonchev–Trinajstić information content (AvgIpc) is 2.28. The van der Waals surface area contributed by atoms with Gasteiger partial charge >= 0.3 is 0 Å². The molecule has 0 aliphatic heterocycles. The second-order valence-corrected chi connectivity index (χ2v) is 6.10. The van der Waals surface area contributed by atoms with E-state index in [-0.39, 0.29) is 5.54 Å². The molecule has 1 N–H and O–H groups in total. The lowest BCUT2D eigenvalue weighted by molar-refractivity contribution is 0.360. The number of rotatable bonds is 5. The molecule has 0 aliphatic carbocycles. The molecule has 0 aliphatic rings. The maximum atomic E-state index is 5.62. The third-order valence-electron chi connectivity index (χ3n) is 2.39. The molecule has 0 aromatic heterocycles. The normalized spacial score (nSPS) is 12.1. The lowest BCUT2D eigenvalue weighted by Crippen LogP contribution is -2.35. The molecule has 0 spiro atoms. The van der Waals surface area contributed by atoms with Crippen LogP contribution in [0.3, 0.4) is 0 Å². The lowest BCUT2D eigenvalue weighted by Gasteiger charge is -2.20. The van der Waals surface area contributed by atoms with Gasteiger partial charge in [0.1, 0.15) is 12.4 Å². The van der Waals surface area contributed by atoms with Crippen LogP contribution < -0.4 is 10.1 Å². The molecule has 3 heteroatoms. The Balaban J connectivity index is 2.61. The fraction of sp³-hybridized carbons (Fsp3) is 0.467. The van der Waals surface area contributed by atoms with E-state index >= 15 is 0 Å². The van der Waals surface area contributed by atoms with E-state index in [1.807, 2.05) is 25.1 Å². The molecule has 18 heavy (non-hydrogen) atoms. The zero-order valence-corrected chi connectivity index (χ0v) is 13.2. The van der Waals surface area contributed by atoms with Crippen LogP contribution in [0.4, 0.5) is 0 Å². The number of ether oxygens (including phenoxy) is 1.